The monoisotopic (exact) mass is 263 g/mol. The van der Waals surface area contributed by atoms with Crippen LogP contribution in [0.15, 0.2) is 12.1 Å². The molecule has 0 atom stereocenters. The van der Waals surface area contributed by atoms with Gasteiger partial charge in [0.15, 0.2) is 11.5 Å². The molecule has 1 aromatic carbocycles. The normalized spacial score (nSPS) is 14.4. The smallest absolute Gasteiger partial charge is 0.392 e. The average molecular weight is 263 g/mol. The minimum atomic E-state index is -4.25. The lowest BCUT2D eigenvalue weighted by molar-refractivity contribution is -0.139. The van der Waals surface area contributed by atoms with Crippen LogP contribution in [-0.4, -0.2) is 26.0 Å². The largest absolute Gasteiger partial charge is 0.491 e. The van der Waals surface area contributed by atoms with E-state index < -0.39 is 19.2 Å². The zero-order valence-corrected chi connectivity index (χ0v) is 9.42. The number of alkyl halides is 3. The summed E-state index contributed by atoms with van der Waals surface area (Å²) in [6.45, 7) is 0.326. The summed E-state index contributed by atoms with van der Waals surface area (Å²) in [5.41, 5.74) is 5.88. The summed E-state index contributed by atoms with van der Waals surface area (Å²) >= 11 is 0. The van der Waals surface area contributed by atoms with Crippen molar-refractivity contribution >= 4 is 5.69 Å². The molecule has 0 radical (unpaired) electrons. The first-order valence-electron chi connectivity index (χ1n) is 5.34. The molecule has 0 bridgehead atoms. The molecule has 4 nitrogen and oxygen atoms in total. The Morgan fingerprint density at radius 2 is 1.78 bits per heavy atom. The van der Waals surface area contributed by atoms with Gasteiger partial charge in [0.1, 0.15) is 19.0 Å². The third kappa shape index (κ3) is 3.12. The molecule has 0 unspecified atom stereocenters. The Morgan fingerprint density at radius 1 is 1.17 bits per heavy atom. The molecule has 1 aliphatic heterocycles. The highest BCUT2D eigenvalue weighted by Crippen LogP contribution is 2.38. The first-order valence-corrected chi connectivity index (χ1v) is 5.34. The van der Waals surface area contributed by atoms with E-state index in [1.54, 1.807) is 0 Å². The quantitative estimate of drug-likeness (QED) is 0.851. The van der Waals surface area contributed by atoms with Crippen LogP contribution in [0.25, 0.3) is 0 Å². The van der Waals surface area contributed by atoms with Crippen LogP contribution in [0.1, 0.15) is 6.42 Å². The van der Waals surface area contributed by atoms with E-state index in [0.717, 1.165) is 0 Å². The Hall–Kier alpha value is -1.79. The molecular weight excluding hydrogens is 251 g/mol. The Labute approximate surface area is 101 Å². The Balaban J connectivity index is 2.04. The van der Waals surface area contributed by atoms with Crippen molar-refractivity contribution in [3.8, 4) is 17.2 Å². The molecule has 2 N–H and O–H groups in total. The second kappa shape index (κ2) is 4.83. The van der Waals surface area contributed by atoms with Crippen LogP contribution in [0.3, 0.4) is 0 Å². The van der Waals surface area contributed by atoms with Gasteiger partial charge in [-0.1, -0.05) is 0 Å². The van der Waals surface area contributed by atoms with Gasteiger partial charge in [0.2, 0.25) is 0 Å². The number of nitrogen functional groups attached to an aromatic ring is 1. The van der Waals surface area contributed by atoms with Crippen LogP contribution in [0.5, 0.6) is 17.2 Å². The molecule has 0 amide bonds. The summed E-state index contributed by atoms with van der Waals surface area (Å²) in [5, 5.41) is 0. The van der Waals surface area contributed by atoms with Crippen LogP contribution in [-0.2, 0) is 0 Å². The van der Waals surface area contributed by atoms with Crippen LogP contribution in [0.2, 0.25) is 0 Å². The van der Waals surface area contributed by atoms with E-state index in [1.807, 2.05) is 0 Å². The van der Waals surface area contributed by atoms with Crippen LogP contribution in [0.4, 0.5) is 18.9 Å². The average Bonchev–Trinajstić information content (AvgIpc) is 2.28. The molecule has 18 heavy (non-hydrogen) atoms. The van der Waals surface area contributed by atoms with Gasteiger partial charge in [-0.05, 0) is 0 Å². The summed E-state index contributed by atoms with van der Waals surface area (Å²) in [6.07, 6.45) is -5.27. The summed E-state index contributed by atoms with van der Waals surface area (Å²) in [4.78, 5) is 0. The van der Waals surface area contributed by atoms with E-state index in [-0.39, 0.29) is 11.4 Å². The molecule has 1 aliphatic rings. The SMILES string of the molecule is Nc1cc2c(cc1OCCC(F)(F)F)OCCO2. The number of benzene rings is 1. The fourth-order valence-corrected chi connectivity index (χ4v) is 1.49. The predicted molar refractivity (Wildman–Crippen MR) is 58.0 cm³/mol. The first-order chi connectivity index (χ1) is 8.46. The summed E-state index contributed by atoms with van der Waals surface area (Å²) < 4.78 is 51.5. The maximum absolute atomic E-state index is 12.0. The number of rotatable bonds is 3. The van der Waals surface area contributed by atoms with Crippen LogP contribution < -0.4 is 19.9 Å². The standard InChI is InChI=1S/C11H12F3NO3/c12-11(13,14)1-2-16-8-6-10-9(5-7(8)15)17-3-4-18-10/h5-6H,1-4,15H2. The molecule has 0 spiro atoms. The van der Waals surface area contributed by atoms with Gasteiger partial charge in [0, 0.05) is 12.1 Å². The Morgan fingerprint density at radius 3 is 2.39 bits per heavy atom. The van der Waals surface area contributed by atoms with E-state index in [1.165, 1.54) is 12.1 Å². The third-order valence-electron chi connectivity index (χ3n) is 2.32. The fourth-order valence-electron chi connectivity index (χ4n) is 1.49. The molecule has 0 fully saturated rings. The maximum Gasteiger partial charge on any atom is 0.392 e. The maximum atomic E-state index is 12.0. The second-order valence-electron chi connectivity index (χ2n) is 3.75. The molecule has 1 heterocycles. The van der Waals surface area contributed by atoms with Gasteiger partial charge in [-0.3, -0.25) is 0 Å². The third-order valence-corrected chi connectivity index (χ3v) is 2.32. The fraction of sp³-hybridized carbons (Fsp3) is 0.455. The van der Waals surface area contributed by atoms with Crippen molar-refractivity contribution in [3.63, 3.8) is 0 Å². The number of nitrogens with two attached hydrogens (primary N) is 1. The molecule has 0 aromatic heterocycles. The zero-order chi connectivity index (χ0) is 13.2. The van der Waals surface area contributed by atoms with Crippen molar-refractivity contribution in [2.24, 2.45) is 0 Å². The lowest BCUT2D eigenvalue weighted by Gasteiger charge is -2.20. The molecule has 100 valence electrons. The van der Waals surface area contributed by atoms with Crippen molar-refractivity contribution in [2.45, 2.75) is 12.6 Å². The van der Waals surface area contributed by atoms with Gasteiger partial charge < -0.3 is 19.9 Å². The van der Waals surface area contributed by atoms with Crippen molar-refractivity contribution in [1.82, 2.24) is 0 Å². The minimum Gasteiger partial charge on any atom is -0.491 e. The molecule has 7 heteroatoms. The summed E-state index contributed by atoms with van der Waals surface area (Å²) in [6, 6.07) is 2.93. The topological polar surface area (TPSA) is 53.7 Å². The van der Waals surface area contributed by atoms with Gasteiger partial charge in [-0.15, -0.1) is 0 Å². The van der Waals surface area contributed by atoms with E-state index in [9.17, 15) is 13.2 Å². The predicted octanol–water partition coefficient (Wildman–Crippen LogP) is 2.37. The van der Waals surface area contributed by atoms with Gasteiger partial charge in [-0.2, -0.15) is 13.2 Å². The highest BCUT2D eigenvalue weighted by atomic mass is 19.4. The summed E-state index contributed by atoms with van der Waals surface area (Å²) in [7, 11) is 0. The number of hydrogen-bond acceptors (Lipinski definition) is 4. The van der Waals surface area contributed by atoms with Gasteiger partial charge >= 0.3 is 6.18 Å². The van der Waals surface area contributed by atoms with Crippen molar-refractivity contribution in [2.75, 3.05) is 25.6 Å². The number of ether oxygens (including phenoxy) is 3. The van der Waals surface area contributed by atoms with Gasteiger partial charge in [0.25, 0.3) is 0 Å². The Bertz CT molecular complexity index is 434. The summed E-state index contributed by atoms with van der Waals surface area (Å²) in [5.74, 6) is 1.07. The van der Waals surface area contributed by atoms with Gasteiger partial charge in [-0.25, -0.2) is 0 Å². The van der Waals surface area contributed by atoms with Crippen molar-refractivity contribution < 1.29 is 27.4 Å². The molecule has 2 rings (SSSR count). The Kier molecular flexibility index (Phi) is 3.40. The first kappa shape index (κ1) is 12.7. The van der Waals surface area contributed by atoms with E-state index in [4.69, 9.17) is 19.9 Å². The van der Waals surface area contributed by atoms with E-state index in [2.05, 4.69) is 0 Å². The number of anilines is 1. The number of halogens is 3. The molecule has 0 saturated carbocycles. The molecule has 1 aromatic rings. The van der Waals surface area contributed by atoms with Crippen LogP contribution in [0, 0.1) is 0 Å². The molecule has 0 saturated heterocycles. The number of hydrogen-bond donors (Lipinski definition) is 1. The number of fused-ring (bicyclic) bond motifs is 1. The van der Waals surface area contributed by atoms with Gasteiger partial charge in [0.05, 0.1) is 18.7 Å². The zero-order valence-electron chi connectivity index (χ0n) is 9.42. The van der Waals surface area contributed by atoms with Crippen LogP contribution >= 0.6 is 0 Å². The lowest BCUT2D eigenvalue weighted by Crippen LogP contribution is -2.16. The lowest BCUT2D eigenvalue weighted by atomic mass is 10.2. The highest BCUT2D eigenvalue weighted by molar-refractivity contribution is 5.62. The van der Waals surface area contributed by atoms with E-state index >= 15 is 0 Å². The second-order valence-corrected chi connectivity index (χ2v) is 3.75. The molecular formula is C11H12F3NO3. The van der Waals surface area contributed by atoms with E-state index in [0.29, 0.717) is 24.7 Å². The highest BCUT2D eigenvalue weighted by Gasteiger charge is 2.27. The minimum absolute atomic E-state index is 0.170. The van der Waals surface area contributed by atoms with Crippen molar-refractivity contribution in [3.05, 3.63) is 12.1 Å². The molecule has 0 aliphatic carbocycles. The van der Waals surface area contributed by atoms with Crippen molar-refractivity contribution in [1.29, 1.82) is 0 Å².